The normalized spacial score (nSPS) is 16.8. The molecule has 0 aliphatic carbocycles. The van der Waals surface area contributed by atoms with Crippen molar-refractivity contribution in [1.29, 1.82) is 0 Å². The molecule has 0 aromatic heterocycles. The number of aliphatic carboxylic acids is 1. The summed E-state index contributed by atoms with van der Waals surface area (Å²) in [5.74, 6) is -3.23. The number of carbonyl (C=O) groups is 7. The number of ether oxygens (including phenoxy) is 1. The van der Waals surface area contributed by atoms with Gasteiger partial charge in [-0.2, -0.15) is 0 Å². The molecule has 0 spiro atoms. The number of carbonyl (C=O) groups excluding carboxylic acids is 6. The molecule has 12 heteroatoms. The van der Waals surface area contributed by atoms with Gasteiger partial charge in [-0.1, -0.05) is 0 Å². The molecule has 2 heterocycles. The second-order valence-corrected chi connectivity index (χ2v) is 8.92. The van der Waals surface area contributed by atoms with E-state index in [-0.39, 0.29) is 38.6 Å². The van der Waals surface area contributed by atoms with E-state index in [1.54, 1.807) is 7.05 Å². The Kier molecular flexibility index (Phi) is 11.1. The van der Waals surface area contributed by atoms with Crippen LogP contribution in [0, 0.1) is 5.41 Å². The van der Waals surface area contributed by atoms with E-state index < -0.39 is 35.0 Å². The minimum Gasteiger partial charge on any atom is -0.481 e. The van der Waals surface area contributed by atoms with Crippen LogP contribution < -0.4 is 0 Å². The van der Waals surface area contributed by atoms with Crippen LogP contribution in [0.5, 0.6) is 0 Å². The van der Waals surface area contributed by atoms with Gasteiger partial charge in [-0.3, -0.25) is 43.4 Å². The van der Waals surface area contributed by atoms with Crippen molar-refractivity contribution in [1.82, 2.24) is 14.7 Å². The number of allylic oxidation sites excluding steroid dienone is 1. The van der Waals surface area contributed by atoms with E-state index in [0.717, 1.165) is 34.1 Å². The zero-order valence-corrected chi connectivity index (χ0v) is 20.7. The van der Waals surface area contributed by atoms with E-state index >= 15 is 0 Å². The molecule has 0 aromatic rings. The van der Waals surface area contributed by atoms with E-state index in [2.05, 4.69) is 0 Å². The molecule has 200 valence electrons. The van der Waals surface area contributed by atoms with Crippen LogP contribution in [0.1, 0.15) is 32.1 Å². The van der Waals surface area contributed by atoms with Crippen LogP contribution in [0.15, 0.2) is 36.5 Å². The van der Waals surface area contributed by atoms with Crippen molar-refractivity contribution in [3.8, 4) is 0 Å². The molecular weight excluding hydrogens is 486 g/mol. The molecule has 0 aromatic carbocycles. The van der Waals surface area contributed by atoms with Crippen molar-refractivity contribution in [3.05, 3.63) is 36.5 Å². The number of amides is 5. The molecule has 12 nitrogen and oxygen atoms in total. The number of hydrogen-bond donors (Lipinski definition) is 1. The third kappa shape index (κ3) is 8.90. The standard InChI is InChI=1S/C25H31N3O9/c1-26(19(30)5-2-15-29)13-3-11-25(18-37-16-10-24(35)36,17-28-22(33)8-9-23(28)34)12-4-14-27-20(31)6-7-21(27)32/h2,5-9,15H,3-4,10-14,16-18H2,1H3,(H,35,36)/b5-2-. The van der Waals surface area contributed by atoms with Crippen LogP contribution in [0.4, 0.5) is 0 Å². The molecule has 2 aliphatic heterocycles. The fraction of sp³-hybridized carbons (Fsp3) is 0.480. The molecule has 0 radical (unpaired) electrons. The second-order valence-electron chi connectivity index (χ2n) is 8.92. The van der Waals surface area contributed by atoms with Crippen molar-refractivity contribution in [2.45, 2.75) is 32.1 Å². The first-order valence-electron chi connectivity index (χ1n) is 11.8. The quantitative estimate of drug-likeness (QED) is 0.122. The fourth-order valence-corrected chi connectivity index (χ4v) is 4.16. The summed E-state index contributed by atoms with van der Waals surface area (Å²) < 4.78 is 5.67. The lowest BCUT2D eigenvalue weighted by atomic mass is 9.78. The average Bonchev–Trinajstić information content (AvgIpc) is 3.35. The van der Waals surface area contributed by atoms with E-state index in [9.17, 15) is 33.6 Å². The van der Waals surface area contributed by atoms with Gasteiger partial charge in [0.05, 0.1) is 19.6 Å². The average molecular weight is 518 g/mol. The molecule has 2 aliphatic rings. The predicted molar refractivity (Wildman–Crippen MR) is 129 cm³/mol. The highest BCUT2D eigenvalue weighted by molar-refractivity contribution is 6.13. The van der Waals surface area contributed by atoms with Gasteiger partial charge in [0.15, 0.2) is 0 Å². The zero-order chi connectivity index (χ0) is 27.4. The molecule has 1 unspecified atom stereocenters. The van der Waals surface area contributed by atoms with Crippen LogP contribution in [0.25, 0.3) is 0 Å². The van der Waals surface area contributed by atoms with Crippen LogP contribution in [0.3, 0.4) is 0 Å². The van der Waals surface area contributed by atoms with Gasteiger partial charge in [0.2, 0.25) is 5.91 Å². The molecule has 0 saturated carbocycles. The summed E-state index contributed by atoms with van der Waals surface area (Å²) in [5.41, 5.74) is -0.836. The van der Waals surface area contributed by atoms with Crippen LogP contribution in [0.2, 0.25) is 0 Å². The van der Waals surface area contributed by atoms with Gasteiger partial charge < -0.3 is 14.7 Å². The Bertz CT molecular complexity index is 981. The summed E-state index contributed by atoms with van der Waals surface area (Å²) >= 11 is 0. The highest BCUT2D eigenvalue weighted by Gasteiger charge is 2.37. The maximum absolute atomic E-state index is 12.3. The van der Waals surface area contributed by atoms with E-state index in [1.165, 1.54) is 17.1 Å². The highest BCUT2D eigenvalue weighted by atomic mass is 16.5. The summed E-state index contributed by atoms with van der Waals surface area (Å²) in [6.45, 7) is 0.329. The third-order valence-electron chi connectivity index (χ3n) is 6.15. The molecule has 0 saturated heterocycles. The Labute approximate surface area is 214 Å². The molecule has 2 rings (SSSR count). The van der Waals surface area contributed by atoms with Crippen molar-refractivity contribution >= 4 is 41.8 Å². The van der Waals surface area contributed by atoms with E-state index in [0.29, 0.717) is 38.5 Å². The topological polar surface area (TPSA) is 159 Å². The van der Waals surface area contributed by atoms with Crippen molar-refractivity contribution in [2.75, 3.05) is 39.9 Å². The first kappa shape index (κ1) is 29.3. The van der Waals surface area contributed by atoms with Crippen molar-refractivity contribution in [2.24, 2.45) is 5.41 Å². The molecule has 1 N–H and O–H groups in total. The number of rotatable bonds is 17. The van der Waals surface area contributed by atoms with Crippen LogP contribution in [-0.4, -0.2) is 101 Å². The Balaban J connectivity index is 2.18. The van der Waals surface area contributed by atoms with Crippen LogP contribution in [-0.2, 0) is 38.3 Å². The summed E-state index contributed by atoms with van der Waals surface area (Å²) in [7, 11) is 1.57. The van der Waals surface area contributed by atoms with Gasteiger partial charge in [-0.05, 0) is 31.8 Å². The van der Waals surface area contributed by atoms with Crippen LogP contribution >= 0.6 is 0 Å². The smallest absolute Gasteiger partial charge is 0.305 e. The number of carboxylic acids is 1. The lowest BCUT2D eigenvalue weighted by molar-refractivity contribution is -0.140. The number of hydrogen-bond acceptors (Lipinski definition) is 8. The highest BCUT2D eigenvalue weighted by Crippen LogP contribution is 2.33. The monoisotopic (exact) mass is 517 g/mol. The molecule has 5 amide bonds. The summed E-state index contributed by atoms with van der Waals surface area (Å²) in [4.78, 5) is 85.6. The first-order valence-corrected chi connectivity index (χ1v) is 11.8. The summed E-state index contributed by atoms with van der Waals surface area (Å²) in [6, 6.07) is 0. The number of likely N-dealkylation sites (N-methyl/N-ethyl adjacent to an activating group) is 1. The predicted octanol–water partition coefficient (Wildman–Crippen LogP) is 0.0880. The van der Waals surface area contributed by atoms with Gasteiger partial charge in [0, 0.05) is 62.5 Å². The SMILES string of the molecule is CN(CCCC(CCCN1C(=O)C=CC1=O)(COCCC(=O)O)CN1C(=O)C=CC1=O)C(=O)/C=C\C=O. The Morgan fingerprint density at radius 1 is 0.973 bits per heavy atom. The third-order valence-corrected chi connectivity index (χ3v) is 6.15. The minimum atomic E-state index is -1.04. The van der Waals surface area contributed by atoms with Crippen molar-refractivity contribution < 1.29 is 43.4 Å². The maximum atomic E-state index is 12.3. The zero-order valence-electron chi connectivity index (χ0n) is 20.7. The largest absolute Gasteiger partial charge is 0.481 e. The number of nitrogens with zero attached hydrogens (tertiary/aromatic N) is 3. The lowest BCUT2D eigenvalue weighted by Gasteiger charge is -2.37. The fourth-order valence-electron chi connectivity index (χ4n) is 4.16. The van der Waals surface area contributed by atoms with E-state index in [1.807, 2.05) is 0 Å². The van der Waals surface area contributed by atoms with Gasteiger partial charge in [0.25, 0.3) is 23.6 Å². The van der Waals surface area contributed by atoms with Gasteiger partial charge in [-0.15, -0.1) is 0 Å². The first-order chi connectivity index (χ1) is 17.6. The molecule has 1 atom stereocenters. The molecule has 0 bridgehead atoms. The summed E-state index contributed by atoms with van der Waals surface area (Å²) in [6.07, 6.45) is 8.70. The number of aldehydes is 1. The van der Waals surface area contributed by atoms with Gasteiger partial charge >= 0.3 is 5.97 Å². The van der Waals surface area contributed by atoms with Gasteiger partial charge in [0.1, 0.15) is 6.29 Å². The van der Waals surface area contributed by atoms with E-state index in [4.69, 9.17) is 9.84 Å². The Morgan fingerprint density at radius 2 is 1.54 bits per heavy atom. The number of carboxylic acid groups (broad SMARTS) is 1. The molecule has 0 fully saturated rings. The number of imide groups is 2. The minimum absolute atomic E-state index is 0.0141. The Morgan fingerprint density at radius 3 is 2.11 bits per heavy atom. The molecule has 37 heavy (non-hydrogen) atoms. The Hall–Kier alpha value is -3.93. The lowest BCUT2D eigenvalue weighted by Crippen LogP contribution is -2.45. The molecular formula is C25H31N3O9. The summed E-state index contributed by atoms with van der Waals surface area (Å²) in [5, 5.41) is 8.94. The maximum Gasteiger partial charge on any atom is 0.305 e. The second kappa shape index (κ2) is 14.0. The van der Waals surface area contributed by atoms with Crippen molar-refractivity contribution in [3.63, 3.8) is 0 Å². The van der Waals surface area contributed by atoms with Gasteiger partial charge in [-0.25, -0.2) is 0 Å².